The fourth-order valence-corrected chi connectivity index (χ4v) is 3.94. The Labute approximate surface area is 130 Å². The van der Waals surface area contributed by atoms with Gasteiger partial charge in [-0.2, -0.15) is 0 Å². The minimum Gasteiger partial charge on any atom is -0.289 e. The van der Waals surface area contributed by atoms with Crippen LogP contribution in [0.25, 0.3) is 0 Å². The molecule has 21 heavy (non-hydrogen) atoms. The van der Waals surface area contributed by atoms with Crippen LogP contribution in [0.1, 0.15) is 41.5 Å². The summed E-state index contributed by atoms with van der Waals surface area (Å²) in [6.45, 7) is 2.89. The summed E-state index contributed by atoms with van der Waals surface area (Å²) in [5.74, 6) is 0.882. The van der Waals surface area contributed by atoms with E-state index in [1.807, 2.05) is 25.3 Å². The Morgan fingerprint density at radius 1 is 1.29 bits per heavy atom. The Kier molecular flexibility index (Phi) is 3.20. The van der Waals surface area contributed by atoms with Crippen molar-refractivity contribution in [1.82, 2.24) is 14.9 Å². The van der Waals surface area contributed by atoms with Crippen molar-refractivity contribution in [3.8, 4) is 0 Å². The summed E-state index contributed by atoms with van der Waals surface area (Å²) >= 11 is 6.33. The Bertz CT molecular complexity index is 685. The molecule has 108 valence electrons. The molecule has 1 saturated heterocycles. The van der Waals surface area contributed by atoms with Crippen LogP contribution >= 0.6 is 11.6 Å². The third-order valence-electron chi connectivity index (χ3n) is 4.76. The van der Waals surface area contributed by atoms with E-state index in [1.54, 1.807) is 0 Å². The highest BCUT2D eigenvalue weighted by atomic mass is 35.5. The molecule has 4 rings (SSSR count). The van der Waals surface area contributed by atoms with E-state index in [2.05, 4.69) is 27.0 Å². The molecular weight excluding hydrogens is 282 g/mol. The van der Waals surface area contributed by atoms with Gasteiger partial charge in [0.05, 0.1) is 5.69 Å². The van der Waals surface area contributed by atoms with Crippen LogP contribution in [0.4, 0.5) is 0 Å². The van der Waals surface area contributed by atoms with Crippen molar-refractivity contribution in [2.45, 2.75) is 44.8 Å². The van der Waals surface area contributed by atoms with E-state index >= 15 is 0 Å². The first kappa shape index (κ1) is 13.2. The van der Waals surface area contributed by atoms with Gasteiger partial charge in [0.1, 0.15) is 5.82 Å². The SMILES string of the molecule is Cc1ncc2c(n1)C[C@@H]1CC[C@H]2N1Cc1ccccc1Cl. The molecule has 1 fully saturated rings. The smallest absolute Gasteiger partial charge is 0.125 e. The molecule has 0 saturated carbocycles. The number of hydrogen-bond donors (Lipinski definition) is 0. The minimum absolute atomic E-state index is 0.454. The third-order valence-corrected chi connectivity index (χ3v) is 5.13. The van der Waals surface area contributed by atoms with Crippen LogP contribution < -0.4 is 0 Å². The van der Waals surface area contributed by atoms with E-state index in [4.69, 9.17) is 11.6 Å². The van der Waals surface area contributed by atoms with Crippen LogP contribution in [0.15, 0.2) is 30.5 Å². The molecule has 3 nitrogen and oxygen atoms in total. The lowest BCUT2D eigenvalue weighted by molar-refractivity contribution is 0.166. The number of fused-ring (bicyclic) bond motifs is 4. The number of halogens is 1. The lowest BCUT2D eigenvalue weighted by Crippen LogP contribution is -2.37. The normalized spacial score (nSPS) is 24.1. The van der Waals surface area contributed by atoms with E-state index in [1.165, 1.54) is 29.7 Å². The summed E-state index contributed by atoms with van der Waals surface area (Å²) in [6.07, 6.45) is 5.52. The largest absolute Gasteiger partial charge is 0.289 e. The second-order valence-electron chi connectivity index (χ2n) is 6.03. The zero-order valence-corrected chi connectivity index (χ0v) is 12.8. The van der Waals surface area contributed by atoms with E-state index < -0.39 is 0 Å². The van der Waals surface area contributed by atoms with Crippen molar-refractivity contribution in [1.29, 1.82) is 0 Å². The van der Waals surface area contributed by atoms with Crippen LogP contribution in [0, 0.1) is 6.92 Å². The second-order valence-corrected chi connectivity index (χ2v) is 6.44. The van der Waals surface area contributed by atoms with Gasteiger partial charge in [-0.25, -0.2) is 9.97 Å². The summed E-state index contributed by atoms with van der Waals surface area (Å²) in [5, 5.41) is 0.864. The lowest BCUT2D eigenvalue weighted by atomic mass is 9.98. The quantitative estimate of drug-likeness (QED) is 0.846. The molecule has 0 radical (unpaired) electrons. The summed E-state index contributed by atoms with van der Waals surface area (Å²) in [7, 11) is 0. The minimum atomic E-state index is 0.454. The summed E-state index contributed by atoms with van der Waals surface area (Å²) in [4.78, 5) is 11.6. The van der Waals surface area contributed by atoms with Gasteiger partial charge < -0.3 is 0 Å². The van der Waals surface area contributed by atoms with Gasteiger partial charge in [0.25, 0.3) is 0 Å². The number of rotatable bonds is 2. The zero-order chi connectivity index (χ0) is 14.4. The molecule has 0 aliphatic carbocycles. The van der Waals surface area contributed by atoms with Gasteiger partial charge in [-0.15, -0.1) is 0 Å². The Hall–Kier alpha value is -1.45. The van der Waals surface area contributed by atoms with Gasteiger partial charge in [-0.05, 0) is 31.4 Å². The first-order valence-electron chi connectivity index (χ1n) is 7.54. The predicted molar refractivity (Wildman–Crippen MR) is 83.2 cm³/mol. The van der Waals surface area contributed by atoms with Crippen LogP contribution in [0.3, 0.4) is 0 Å². The molecule has 2 bridgehead atoms. The van der Waals surface area contributed by atoms with Crippen LogP contribution in [0.2, 0.25) is 5.02 Å². The van der Waals surface area contributed by atoms with Crippen molar-refractivity contribution in [2.75, 3.05) is 0 Å². The van der Waals surface area contributed by atoms with E-state index in [-0.39, 0.29) is 0 Å². The standard InChI is InChI=1S/C17H18ClN3/c1-11-19-9-14-16(20-11)8-13-6-7-17(14)21(13)10-12-4-2-3-5-15(12)18/h2-5,9,13,17H,6-8,10H2,1H3/t13-,17+/m0/s1. The Morgan fingerprint density at radius 2 is 2.14 bits per heavy atom. The molecule has 4 heteroatoms. The van der Waals surface area contributed by atoms with Gasteiger partial charge in [-0.3, -0.25) is 4.90 Å². The van der Waals surface area contributed by atoms with Gasteiger partial charge >= 0.3 is 0 Å². The van der Waals surface area contributed by atoms with Crippen molar-refractivity contribution in [3.05, 3.63) is 58.1 Å². The monoisotopic (exact) mass is 299 g/mol. The third kappa shape index (κ3) is 2.25. The fraction of sp³-hybridized carbons (Fsp3) is 0.412. The highest BCUT2D eigenvalue weighted by molar-refractivity contribution is 6.31. The maximum atomic E-state index is 6.33. The van der Waals surface area contributed by atoms with Gasteiger partial charge in [-0.1, -0.05) is 29.8 Å². The molecule has 0 unspecified atom stereocenters. The first-order chi connectivity index (χ1) is 10.2. The summed E-state index contributed by atoms with van der Waals surface area (Å²) < 4.78 is 0. The van der Waals surface area contributed by atoms with E-state index in [9.17, 15) is 0 Å². The highest BCUT2D eigenvalue weighted by Crippen LogP contribution is 2.43. The first-order valence-corrected chi connectivity index (χ1v) is 7.92. The lowest BCUT2D eigenvalue weighted by Gasteiger charge is -2.35. The van der Waals surface area contributed by atoms with Crippen molar-refractivity contribution >= 4 is 11.6 Å². The molecule has 2 aromatic rings. The molecule has 1 aromatic carbocycles. The van der Waals surface area contributed by atoms with Crippen molar-refractivity contribution < 1.29 is 0 Å². The van der Waals surface area contributed by atoms with Gasteiger partial charge in [0.2, 0.25) is 0 Å². The number of aryl methyl sites for hydroxylation is 1. The van der Waals surface area contributed by atoms with Crippen LogP contribution in [0.5, 0.6) is 0 Å². The summed E-state index contributed by atoms with van der Waals surface area (Å²) in [6, 6.07) is 9.20. The molecule has 0 spiro atoms. The Morgan fingerprint density at radius 3 is 3.00 bits per heavy atom. The van der Waals surface area contributed by atoms with Crippen molar-refractivity contribution in [3.63, 3.8) is 0 Å². The van der Waals surface area contributed by atoms with Gasteiger partial charge in [0, 0.05) is 41.8 Å². The van der Waals surface area contributed by atoms with Gasteiger partial charge in [0.15, 0.2) is 0 Å². The molecule has 3 heterocycles. The maximum Gasteiger partial charge on any atom is 0.125 e. The van der Waals surface area contributed by atoms with E-state index in [0.717, 1.165) is 23.8 Å². The molecule has 2 aliphatic rings. The molecule has 2 aliphatic heterocycles. The van der Waals surface area contributed by atoms with Crippen molar-refractivity contribution in [2.24, 2.45) is 0 Å². The fourth-order valence-electron chi connectivity index (χ4n) is 3.74. The summed E-state index contributed by atoms with van der Waals surface area (Å²) in [5.41, 5.74) is 3.79. The molecule has 2 atom stereocenters. The average molecular weight is 300 g/mol. The number of benzene rings is 1. The zero-order valence-electron chi connectivity index (χ0n) is 12.1. The second kappa shape index (κ2) is 5.08. The number of hydrogen-bond acceptors (Lipinski definition) is 3. The predicted octanol–water partition coefficient (Wildman–Crippen LogP) is 3.70. The topological polar surface area (TPSA) is 29.0 Å². The van der Waals surface area contributed by atoms with E-state index in [0.29, 0.717) is 12.1 Å². The molecule has 0 amide bonds. The molecular formula is C17H18ClN3. The Balaban J connectivity index is 1.67. The highest BCUT2D eigenvalue weighted by Gasteiger charge is 2.40. The molecule has 0 N–H and O–H groups in total. The van der Waals surface area contributed by atoms with Crippen LogP contribution in [-0.2, 0) is 13.0 Å². The average Bonchev–Trinajstić information content (AvgIpc) is 2.75. The number of aromatic nitrogens is 2. The molecule has 1 aromatic heterocycles. The number of nitrogens with zero attached hydrogens (tertiary/aromatic N) is 3. The van der Waals surface area contributed by atoms with Crippen LogP contribution in [-0.4, -0.2) is 20.9 Å². The maximum absolute atomic E-state index is 6.33.